The predicted octanol–water partition coefficient (Wildman–Crippen LogP) is 19.4. The monoisotopic (exact) mass is 914 g/mol. The Labute approximate surface area is 407 Å². The molecule has 0 atom stereocenters. The molecule has 5 heteroatoms. The molecule has 0 fully saturated rings. The molecular weight excluding hydrogens is 873 g/mol. The number of hydrogen-bond acceptors (Lipinski definition) is 5. The van der Waals surface area contributed by atoms with E-state index in [0.29, 0.717) is 0 Å². The Morgan fingerprint density at radius 3 is 1.41 bits per heavy atom. The number of benzene rings is 11. The zero-order valence-electron chi connectivity index (χ0n) is 38.4. The number of rotatable bonds is 6. The van der Waals surface area contributed by atoms with E-state index in [1.807, 2.05) is 23.5 Å². The molecule has 4 nitrogen and oxygen atoms in total. The second-order valence-corrected chi connectivity index (χ2v) is 20.4. The molecule has 3 heterocycles. The molecule has 1 aliphatic rings. The van der Waals surface area contributed by atoms with Crippen LogP contribution in [0.2, 0.25) is 0 Å². The van der Waals surface area contributed by atoms with Gasteiger partial charge in [0.05, 0.1) is 11.4 Å². The van der Waals surface area contributed by atoms with Crippen LogP contribution in [0.4, 0.5) is 34.1 Å². The largest absolute Gasteiger partial charge is 0.454 e. The zero-order chi connectivity index (χ0) is 46.2. The van der Waals surface area contributed by atoms with Gasteiger partial charge < -0.3 is 18.6 Å². The molecule has 11 aromatic carbocycles. The van der Waals surface area contributed by atoms with Crippen LogP contribution in [-0.4, -0.2) is 0 Å². The molecule has 15 rings (SSSR count). The average Bonchev–Trinajstić information content (AvgIpc) is 4.14. The van der Waals surface area contributed by atoms with Crippen molar-refractivity contribution >= 4 is 131 Å². The summed E-state index contributed by atoms with van der Waals surface area (Å²) in [5, 5.41) is 12.0. The van der Waals surface area contributed by atoms with Gasteiger partial charge in [0.2, 0.25) is 0 Å². The molecular formula is C65H42N2O2S. The number of anilines is 6. The molecule has 70 heavy (non-hydrogen) atoms. The van der Waals surface area contributed by atoms with E-state index >= 15 is 0 Å². The van der Waals surface area contributed by atoms with Gasteiger partial charge in [-0.05, 0) is 153 Å². The summed E-state index contributed by atoms with van der Waals surface area (Å²) in [6.07, 6.45) is 0. The number of hydrogen-bond donors (Lipinski definition) is 0. The fraction of sp³-hybridized carbons (Fsp3) is 0.0462. The lowest BCUT2D eigenvalue weighted by Gasteiger charge is -2.26. The topological polar surface area (TPSA) is 32.8 Å². The standard InChI is InChI=1S/C65H42N2O2S/c1-65(2)55-35-41-31-45(66(43-15-5-3-6-16-43)57-23-13-21-49-47-19-9-11-25-59(47)68-63(49)57)29-27-39(41)33-51(55)52-38-62-54(37-56(52)65)53-34-40-28-30-46(32-42(40)36-61(53)70-62)67(44-17-7-4-8-18-44)58-24-14-22-50-48-20-10-12-26-60(48)69-64(50)58/h3-38H,1-2H3. The van der Waals surface area contributed by atoms with Crippen LogP contribution < -0.4 is 9.80 Å². The van der Waals surface area contributed by atoms with Crippen LogP contribution in [0.3, 0.4) is 0 Å². The lowest BCUT2D eigenvalue weighted by atomic mass is 9.81. The van der Waals surface area contributed by atoms with E-state index in [2.05, 4.69) is 230 Å². The van der Waals surface area contributed by atoms with Crippen LogP contribution in [0.25, 0.3) is 96.7 Å². The minimum absolute atomic E-state index is 0.203. The molecule has 1 aliphatic carbocycles. The van der Waals surface area contributed by atoms with Crippen LogP contribution in [-0.2, 0) is 5.41 Å². The second kappa shape index (κ2) is 14.7. The highest BCUT2D eigenvalue weighted by Crippen LogP contribution is 2.54. The number of thiophene rings is 1. The van der Waals surface area contributed by atoms with Crippen LogP contribution in [0.15, 0.2) is 227 Å². The van der Waals surface area contributed by atoms with E-state index in [9.17, 15) is 0 Å². The Bertz CT molecular complexity index is 4470. The number of nitrogens with zero attached hydrogens (tertiary/aromatic N) is 2. The first kappa shape index (κ1) is 39.4. The number of para-hydroxylation sites is 6. The zero-order valence-corrected chi connectivity index (χ0v) is 39.2. The second-order valence-electron chi connectivity index (χ2n) is 19.3. The Kier molecular flexibility index (Phi) is 8.26. The normalized spacial score (nSPS) is 13.1. The minimum atomic E-state index is -0.203. The third kappa shape index (κ3) is 5.76. The van der Waals surface area contributed by atoms with Crippen molar-refractivity contribution in [1.29, 1.82) is 0 Å². The highest BCUT2D eigenvalue weighted by molar-refractivity contribution is 7.26. The third-order valence-electron chi connectivity index (χ3n) is 14.9. The van der Waals surface area contributed by atoms with Gasteiger partial charge in [-0.15, -0.1) is 11.3 Å². The molecule has 0 N–H and O–H groups in total. The van der Waals surface area contributed by atoms with Gasteiger partial charge in [0, 0.05) is 69.9 Å². The summed E-state index contributed by atoms with van der Waals surface area (Å²) in [5.41, 5.74) is 15.1. The van der Waals surface area contributed by atoms with Crippen molar-refractivity contribution in [3.05, 3.63) is 230 Å². The Balaban J connectivity index is 0.835. The van der Waals surface area contributed by atoms with Gasteiger partial charge in [-0.1, -0.05) is 123 Å². The summed E-state index contributed by atoms with van der Waals surface area (Å²) in [6, 6.07) is 79.2. The van der Waals surface area contributed by atoms with Crippen LogP contribution in [0.5, 0.6) is 0 Å². The van der Waals surface area contributed by atoms with Crippen molar-refractivity contribution in [3.8, 4) is 11.1 Å². The molecule has 0 saturated carbocycles. The van der Waals surface area contributed by atoms with E-state index < -0.39 is 0 Å². The van der Waals surface area contributed by atoms with Crippen molar-refractivity contribution in [2.24, 2.45) is 0 Å². The van der Waals surface area contributed by atoms with Crippen molar-refractivity contribution in [1.82, 2.24) is 0 Å². The van der Waals surface area contributed by atoms with Crippen molar-refractivity contribution in [2.45, 2.75) is 19.3 Å². The molecule has 0 radical (unpaired) electrons. The van der Waals surface area contributed by atoms with Gasteiger partial charge in [0.1, 0.15) is 11.2 Å². The Hall–Kier alpha value is -8.64. The lowest BCUT2D eigenvalue weighted by Crippen LogP contribution is -2.15. The first-order valence-corrected chi connectivity index (χ1v) is 24.8. The quantitative estimate of drug-likeness (QED) is 0.166. The van der Waals surface area contributed by atoms with E-state index in [-0.39, 0.29) is 5.41 Å². The molecule has 0 unspecified atom stereocenters. The average molecular weight is 915 g/mol. The SMILES string of the molecule is CC1(C)c2cc3cc(N(c4ccccc4)c4cccc5c4oc4ccccc45)ccc3cc2-c2cc3sc4cc5cc(N(c6ccccc6)c6cccc7c6oc6ccccc67)ccc5cc4c3cc21. The molecule has 3 aromatic heterocycles. The van der Waals surface area contributed by atoms with Gasteiger partial charge >= 0.3 is 0 Å². The number of fused-ring (bicyclic) bond motifs is 14. The fourth-order valence-corrected chi connectivity index (χ4v) is 12.7. The third-order valence-corrected chi connectivity index (χ3v) is 16.1. The Morgan fingerprint density at radius 1 is 0.343 bits per heavy atom. The van der Waals surface area contributed by atoms with E-state index in [0.717, 1.165) is 78.0 Å². The van der Waals surface area contributed by atoms with Crippen LogP contribution >= 0.6 is 11.3 Å². The van der Waals surface area contributed by atoms with Crippen molar-refractivity contribution in [3.63, 3.8) is 0 Å². The highest BCUT2D eigenvalue weighted by atomic mass is 32.1. The maximum atomic E-state index is 6.61. The van der Waals surface area contributed by atoms with Crippen molar-refractivity contribution < 1.29 is 8.83 Å². The molecule has 0 bridgehead atoms. The van der Waals surface area contributed by atoms with Gasteiger partial charge in [-0.2, -0.15) is 0 Å². The number of furan rings is 2. The summed E-state index contributed by atoms with van der Waals surface area (Å²) in [5.74, 6) is 0. The first-order chi connectivity index (χ1) is 34.4. The highest BCUT2D eigenvalue weighted by Gasteiger charge is 2.37. The Morgan fingerprint density at radius 2 is 0.814 bits per heavy atom. The van der Waals surface area contributed by atoms with E-state index in [1.165, 1.54) is 64.0 Å². The van der Waals surface area contributed by atoms with E-state index in [1.54, 1.807) is 0 Å². The summed E-state index contributed by atoms with van der Waals surface area (Å²) in [4.78, 5) is 4.67. The summed E-state index contributed by atoms with van der Waals surface area (Å²) in [6.45, 7) is 4.79. The van der Waals surface area contributed by atoms with E-state index in [4.69, 9.17) is 8.83 Å². The van der Waals surface area contributed by atoms with Gasteiger partial charge in [-0.3, -0.25) is 0 Å². The molecule has 330 valence electrons. The molecule has 14 aromatic rings. The van der Waals surface area contributed by atoms with Crippen molar-refractivity contribution in [2.75, 3.05) is 9.80 Å². The maximum Gasteiger partial charge on any atom is 0.159 e. The fourth-order valence-electron chi connectivity index (χ4n) is 11.6. The summed E-state index contributed by atoms with van der Waals surface area (Å²) < 4.78 is 15.8. The van der Waals surface area contributed by atoms with Gasteiger partial charge in [0.25, 0.3) is 0 Å². The summed E-state index contributed by atoms with van der Waals surface area (Å²) >= 11 is 1.89. The first-order valence-electron chi connectivity index (χ1n) is 24.0. The lowest BCUT2D eigenvalue weighted by molar-refractivity contribution is 0.662. The molecule has 0 amide bonds. The predicted molar refractivity (Wildman–Crippen MR) is 296 cm³/mol. The minimum Gasteiger partial charge on any atom is -0.454 e. The smallest absolute Gasteiger partial charge is 0.159 e. The summed E-state index contributed by atoms with van der Waals surface area (Å²) in [7, 11) is 0. The van der Waals surface area contributed by atoms with Gasteiger partial charge in [-0.25, -0.2) is 0 Å². The maximum absolute atomic E-state index is 6.61. The van der Waals surface area contributed by atoms with Crippen LogP contribution in [0.1, 0.15) is 25.0 Å². The van der Waals surface area contributed by atoms with Gasteiger partial charge in [0.15, 0.2) is 11.2 Å². The molecule has 0 spiro atoms. The van der Waals surface area contributed by atoms with Crippen LogP contribution in [0, 0.1) is 0 Å². The molecule has 0 aliphatic heterocycles. The molecule has 0 saturated heterocycles.